The molecule has 3 rings (SSSR count). The molecule has 0 saturated heterocycles. The average Bonchev–Trinajstić information content (AvgIpc) is 2.26. The highest BCUT2D eigenvalue weighted by Gasteiger charge is 2.48. The van der Waals surface area contributed by atoms with Crippen LogP contribution in [0.5, 0.6) is 11.5 Å². The maximum atomic E-state index is 6.25. The van der Waals surface area contributed by atoms with Gasteiger partial charge in [0.05, 0.1) is 7.11 Å². The van der Waals surface area contributed by atoms with Crippen molar-refractivity contribution < 1.29 is 9.47 Å². The number of nitrogens with two attached hydrogens (primary N) is 1. The van der Waals surface area contributed by atoms with Gasteiger partial charge < -0.3 is 15.2 Å². The van der Waals surface area contributed by atoms with Gasteiger partial charge in [-0.25, -0.2) is 0 Å². The Morgan fingerprint density at radius 3 is 2.76 bits per heavy atom. The summed E-state index contributed by atoms with van der Waals surface area (Å²) in [4.78, 5) is 0. The van der Waals surface area contributed by atoms with E-state index in [0.29, 0.717) is 0 Å². The maximum Gasteiger partial charge on any atom is 0.128 e. The summed E-state index contributed by atoms with van der Waals surface area (Å²) < 4.78 is 11.4. The minimum Gasteiger partial charge on any atom is -0.497 e. The molecule has 3 heteroatoms. The zero-order valence-corrected chi connectivity index (χ0v) is 10.4. The lowest BCUT2D eigenvalue weighted by molar-refractivity contribution is -0.0658. The fourth-order valence-corrected chi connectivity index (χ4v) is 3.28. The van der Waals surface area contributed by atoms with Crippen molar-refractivity contribution in [3.63, 3.8) is 0 Å². The Morgan fingerprint density at radius 1 is 1.35 bits per heavy atom. The fraction of sp³-hybridized carbons (Fsp3) is 0.571. The monoisotopic (exact) mass is 233 g/mol. The molecule has 3 nitrogen and oxygen atoms in total. The smallest absolute Gasteiger partial charge is 0.128 e. The number of ether oxygens (including phenoxy) is 2. The van der Waals surface area contributed by atoms with Crippen molar-refractivity contribution in [2.45, 2.75) is 37.8 Å². The molecule has 1 fully saturated rings. The van der Waals surface area contributed by atoms with Crippen molar-refractivity contribution >= 4 is 0 Å². The van der Waals surface area contributed by atoms with Crippen molar-refractivity contribution in [1.82, 2.24) is 0 Å². The van der Waals surface area contributed by atoms with Crippen molar-refractivity contribution in [1.29, 1.82) is 0 Å². The first-order valence-electron chi connectivity index (χ1n) is 6.24. The lowest BCUT2D eigenvalue weighted by Gasteiger charge is -2.50. The van der Waals surface area contributed by atoms with Gasteiger partial charge in [-0.05, 0) is 24.8 Å². The Balaban J connectivity index is 1.93. The van der Waals surface area contributed by atoms with Crippen LogP contribution in [0.2, 0.25) is 0 Å². The van der Waals surface area contributed by atoms with E-state index in [0.717, 1.165) is 42.2 Å². The van der Waals surface area contributed by atoms with Crippen LogP contribution in [-0.2, 0) is 0 Å². The number of rotatable bonds is 1. The van der Waals surface area contributed by atoms with E-state index in [1.54, 1.807) is 7.11 Å². The summed E-state index contributed by atoms with van der Waals surface area (Å²) >= 11 is 0. The van der Waals surface area contributed by atoms with Crippen LogP contribution in [0.25, 0.3) is 0 Å². The lowest BCUT2D eigenvalue weighted by Crippen LogP contribution is -2.52. The molecule has 1 saturated carbocycles. The van der Waals surface area contributed by atoms with Gasteiger partial charge in [0.1, 0.15) is 17.1 Å². The third kappa shape index (κ3) is 1.69. The quantitative estimate of drug-likeness (QED) is 0.811. The molecule has 1 aromatic carbocycles. The molecule has 0 radical (unpaired) electrons. The van der Waals surface area contributed by atoms with Crippen LogP contribution in [0.15, 0.2) is 18.2 Å². The first-order chi connectivity index (χ1) is 8.12. The molecule has 1 unspecified atom stereocenters. The normalized spacial score (nSPS) is 34.8. The van der Waals surface area contributed by atoms with Crippen LogP contribution < -0.4 is 15.2 Å². The van der Waals surface area contributed by atoms with Gasteiger partial charge in [0.2, 0.25) is 0 Å². The van der Waals surface area contributed by atoms with E-state index >= 15 is 0 Å². The van der Waals surface area contributed by atoms with Crippen LogP contribution in [0, 0.1) is 5.92 Å². The highest BCUT2D eigenvalue weighted by molar-refractivity contribution is 5.44. The summed E-state index contributed by atoms with van der Waals surface area (Å²) in [6.45, 7) is 2.27. The lowest BCUT2D eigenvalue weighted by atomic mass is 9.67. The van der Waals surface area contributed by atoms with Gasteiger partial charge in [0.15, 0.2) is 0 Å². The van der Waals surface area contributed by atoms with E-state index < -0.39 is 0 Å². The third-order valence-electron chi connectivity index (χ3n) is 3.98. The molecule has 1 heterocycles. The van der Waals surface area contributed by atoms with Crippen molar-refractivity contribution in [3.8, 4) is 11.5 Å². The summed E-state index contributed by atoms with van der Waals surface area (Å²) in [6, 6.07) is 6.02. The topological polar surface area (TPSA) is 44.5 Å². The highest BCUT2D eigenvalue weighted by Crippen LogP contribution is 2.51. The number of benzene rings is 1. The molecule has 0 aromatic heterocycles. The van der Waals surface area contributed by atoms with Crippen molar-refractivity contribution in [3.05, 3.63) is 23.8 Å². The molecule has 17 heavy (non-hydrogen) atoms. The van der Waals surface area contributed by atoms with Gasteiger partial charge in [0, 0.05) is 24.1 Å². The summed E-state index contributed by atoms with van der Waals surface area (Å²) in [7, 11) is 1.67. The van der Waals surface area contributed by atoms with E-state index in [2.05, 4.69) is 6.92 Å². The van der Waals surface area contributed by atoms with Crippen LogP contribution >= 0.6 is 0 Å². The van der Waals surface area contributed by atoms with E-state index in [4.69, 9.17) is 15.2 Å². The second-order valence-corrected chi connectivity index (χ2v) is 5.51. The first-order valence-corrected chi connectivity index (χ1v) is 6.24. The summed E-state index contributed by atoms with van der Waals surface area (Å²) in [5, 5.41) is 0. The van der Waals surface area contributed by atoms with Crippen molar-refractivity contribution in [2.75, 3.05) is 7.11 Å². The molecule has 1 spiro atoms. The highest BCUT2D eigenvalue weighted by atomic mass is 16.5. The van der Waals surface area contributed by atoms with E-state index in [1.807, 2.05) is 18.2 Å². The van der Waals surface area contributed by atoms with Crippen LogP contribution in [-0.4, -0.2) is 12.7 Å². The van der Waals surface area contributed by atoms with Crippen LogP contribution in [0.3, 0.4) is 0 Å². The van der Waals surface area contributed by atoms with E-state index in [9.17, 15) is 0 Å². The van der Waals surface area contributed by atoms with Crippen LogP contribution in [0.4, 0.5) is 0 Å². The molecule has 0 amide bonds. The number of fused-ring (bicyclic) bond motifs is 1. The van der Waals surface area contributed by atoms with Gasteiger partial charge >= 0.3 is 0 Å². The van der Waals surface area contributed by atoms with E-state index in [-0.39, 0.29) is 11.6 Å². The Kier molecular flexibility index (Phi) is 2.33. The molecule has 92 valence electrons. The number of hydrogen-bond acceptors (Lipinski definition) is 3. The zero-order chi connectivity index (χ0) is 12.0. The van der Waals surface area contributed by atoms with Gasteiger partial charge in [-0.2, -0.15) is 0 Å². The van der Waals surface area contributed by atoms with E-state index in [1.165, 1.54) is 0 Å². The predicted molar refractivity (Wildman–Crippen MR) is 66.3 cm³/mol. The second-order valence-electron chi connectivity index (χ2n) is 5.51. The summed E-state index contributed by atoms with van der Waals surface area (Å²) in [5.74, 6) is 2.50. The Bertz CT molecular complexity index is 438. The average molecular weight is 233 g/mol. The molecule has 2 N–H and O–H groups in total. The molecular formula is C14H19NO2. The molecule has 1 aromatic rings. The largest absolute Gasteiger partial charge is 0.497 e. The molecular weight excluding hydrogens is 214 g/mol. The number of hydrogen-bond donors (Lipinski definition) is 1. The Morgan fingerprint density at radius 2 is 2.12 bits per heavy atom. The summed E-state index contributed by atoms with van der Waals surface area (Å²) in [5.41, 5.74) is 7.35. The van der Waals surface area contributed by atoms with Crippen LogP contribution in [0.1, 0.15) is 37.8 Å². The number of methoxy groups -OCH3 is 1. The second kappa shape index (κ2) is 3.64. The molecule has 1 aliphatic carbocycles. The molecule has 1 atom stereocenters. The predicted octanol–water partition coefficient (Wildman–Crippen LogP) is 2.65. The minimum absolute atomic E-state index is 0.00179. The van der Waals surface area contributed by atoms with Crippen molar-refractivity contribution in [2.24, 2.45) is 11.7 Å². The SMILES string of the molecule is COc1ccc2c(c1)OC1(CC(C)C1)CC2N. The molecule has 0 bridgehead atoms. The standard InChI is InChI=1S/C14H19NO2/c1-9-6-14(7-9)8-12(15)11-4-3-10(16-2)5-13(11)17-14/h3-5,9,12H,6-8,15H2,1-2H3. The Labute approximate surface area is 102 Å². The molecule has 2 aliphatic rings. The Hall–Kier alpha value is -1.22. The minimum atomic E-state index is -0.00179. The fourth-order valence-electron chi connectivity index (χ4n) is 3.28. The molecule has 1 aliphatic heterocycles. The van der Waals surface area contributed by atoms with Gasteiger partial charge in [0.25, 0.3) is 0 Å². The van der Waals surface area contributed by atoms with Gasteiger partial charge in [-0.15, -0.1) is 0 Å². The maximum absolute atomic E-state index is 6.25. The zero-order valence-electron chi connectivity index (χ0n) is 10.4. The van der Waals surface area contributed by atoms with Gasteiger partial charge in [-0.3, -0.25) is 0 Å². The summed E-state index contributed by atoms with van der Waals surface area (Å²) in [6.07, 6.45) is 3.19. The first kappa shape index (κ1) is 10.9. The van der Waals surface area contributed by atoms with Gasteiger partial charge in [-0.1, -0.05) is 13.0 Å². The third-order valence-corrected chi connectivity index (χ3v) is 3.98.